The van der Waals surface area contributed by atoms with Crippen molar-refractivity contribution in [1.82, 2.24) is 4.90 Å². The van der Waals surface area contributed by atoms with Crippen LogP contribution in [0.5, 0.6) is 0 Å². The van der Waals surface area contributed by atoms with Crippen molar-refractivity contribution >= 4 is 11.6 Å². The van der Waals surface area contributed by atoms with Crippen LogP contribution in [0.4, 0.5) is 0 Å². The van der Waals surface area contributed by atoms with Gasteiger partial charge in [-0.1, -0.05) is 30.7 Å². The lowest BCUT2D eigenvalue weighted by molar-refractivity contribution is -0.0526. The molecule has 1 aliphatic rings. The van der Waals surface area contributed by atoms with E-state index in [2.05, 4.69) is 24.0 Å². The van der Waals surface area contributed by atoms with Crippen LogP contribution in [0.1, 0.15) is 31.9 Å². The van der Waals surface area contributed by atoms with Crippen molar-refractivity contribution in [2.75, 3.05) is 19.7 Å². The molecule has 0 radical (unpaired) electrons. The first-order valence-corrected chi connectivity index (χ1v) is 7.36. The molecule has 3 unspecified atom stereocenters. The third-order valence-corrected chi connectivity index (χ3v) is 4.05. The van der Waals surface area contributed by atoms with Crippen LogP contribution in [0, 0.1) is 0 Å². The summed E-state index contributed by atoms with van der Waals surface area (Å²) in [6.45, 7) is 6.85. The van der Waals surface area contributed by atoms with Gasteiger partial charge in [0.25, 0.3) is 0 Å². The van der Waals surface area contributed by atoms with E-state index in [1.54, 1.807) is 0 Å². The lowest BCUT2D eigenvalue weighted by atomic mass is 10.0. The van der Waals surface area contributed by atoms with Crippen molar-refractivity contribution < 1.29 is 4.74 Å². The topological polar surface area (TPSA) is 38.5 Å². The van der Waals surface area contributed by atoms with Crippen LogP contribution in [0.25, 0.3) is 0 Å². The molecule has 1 saturated heterocycles. The molecule has 1 heterocycles. The quantitative estimate of drug-likeness (QED) is 0.923. The lowest BCUT2D eigenvalue weighted by Crippen LogP contribution is -2.50. The van der Waals surface area contributed by atoms with Gasteiger partial charge in [0, 0.05) is 30.2 Å². The molecule has 1 fully saturated rings. The van der Waals surface area contributed by atoms with E-state index in [1.807, 2.05) is 19.1 Å². The summed E-state index contributed by atoms with van der Waals surface area (Å²) in [6, 6.07) is 8.65. The van der Waals surface area contributed by atoms with Gasteiger partial charge < -0.3 is 10.5 Å². The van der Waals surface area contributed by atoms with Gasteiger partial charge in [-0.25, -0.2) is 0 Å². The maximum absolute atomic E-state index is 5.96. The second kappa shape index (κ2) is 6.71. The van der Waals surface area contributed by atoms with Crippen LogP contribution in [-0.4, -0.2) is 36.7 Å². The Balaban J connectivity index is 2.10. The standard InChI is InChI=1S/C15H23ClN2O/c1-3-14(12-4-6-13(16)7-5-12)18-8-9-19-15(10-18)11(2)17/h4-7,11,14-15H,3,8-10,17H2,1-2H3. The minimum Gasteiger partial charge on any atom is -0.374 e. The first-order valence-electron chi connectivity index (χ1n) is 6.98. The van der Waals surface area contributed by atoms with Gasteiger partial charge >= 0.3 is 0 Å². The van der Waals surface area contributed by atoms with E-state index in [4.69, 9.17) is 22.1 Å². The van der Waals surface area contributed by atoms with Gasteiger partial charge in [-0.2, -0.15) is 0 Å². The van der Waals surface area contributed by atoms with E-state index in [0.29, 0.717) is 6.04 Å². The zero-order valence-electron chi connectivity index (χ0n) is 11.7. The summed E-state index contributed by atoms with van der Waals surface area (Å²) in [6.07, 6.45) is 1.21. The van der Waals surface area contributed by atoms with Crippen molar-refractivity contribution in [2.24, 2.45) is 5.73 Å². The molecule has 1 aromatic carbocycles. The molecular weight excluding hydrogens is 260 g/mol. The first-order chi connectivity index (χ1) is 9.11. The molecule has 0 spiro atoms. The number of hydrogen-bond acceptors (Lipinski definition) is 3. The summed E-state index contributed by atoms with van der Waals surface area (Å²) in [5.74, 6) is 0. The second-order valence-electron chi connectivity index (χ2n) is 5.24. The van der Waals surface area contributed by atoms with E-state index in [9.17, 15) is 0 Å². The maximum atomic E-state index is 5.96. The average molecular weight is 283 g/mol. The van der Waals surface area contributed by atoms with Gasteiger partial charge in [0.05, 0.1) is 12.7 Å². The molecule has 3 nitrogen and oxygen atoms in total. The lowest BCUT2D eigenvalue weighted by Gasteiger charge is -2.39. The summed E-state index contributed by atoms with van der Waals surface area (Å²) >= 11 is 5.96. The van der Waals surface area contributed by atoms with E-state index < -0.39 is 0 Å². The van der Waals surface area contributed by atoms with Gasteiger partial charge in [0.2, 0.25) is 0 Å². The molecule has 2 rings (SSSR count). The Kier molecular flexibility index (Phi) is 5.22. The number of nitrogens with zero attached hydrogens (tertiary/aromatic N) is 1. The molecule has 0 aromatic heterocycles. The summed E-state index contributed by atoms with van der Waals surface area (Å²) < 4.78 is 5.73. The highest BCUT2D eigenvalue weighted by Crippen LogP contribution is 2.27. The SMILES string of the molecule is CCC(c1ccc(Cl)cc1)N1CCOC(C(C)N)C1. The summed E-state index contributed by atoms with van der Waals surface area (Å²) in [7, 11) is 0. The van der Waals surface area contributed by atoms with Gasteiger partial charge in [-0.05, 0) is 31.0 Å². The predicted molar refractivity (Wildman–Crippen MR) is 79.4 cm³/mol. The fraction of sp³-hybridized carbons (Fsp3) is 0.600. The normalized spacial score (nSPS) is 24.1. The van der Waals surface area contributed by atoms with Crippen LogP contribution >= 0.6 is 11.6 Å². The molecule has 106 valence electrons. The van der Waals surface area contributed by atoms with E-state index in [-0.39, 0.29) is 12.1 Å². The minimum absolute atomic E-state index is 0.0746. The van der Waals surface area contributed by atoms with E-state index in [1.165, 1.54) is 5.56 Å². The van der Waals surface area contributed by atoms with Crippen molar-refractivity contribution in [3.63, 3.8) is 0 Å². The van der Waals surface area contributed by atoms with Gasteiger partial charge in [0.1, 0.15) is 0 Å². The minimum atomic E-state index is 0.0746. The monoisotopic (exact) mass is 282 g/mol. The molecule has 0 bridgehead atoms. The van der Waals surface area contributed by atoms with Crippen molar-refractivity contribution in [2.45, 2.75) is 38.5 Å². The third kappa shape index (κ3) is 3.69. The summed E-state index contributed by atoms with van der Waals surface area (Å²) in [5.41, 5.74) is 7.28. The smallest absolute Gasteiger partial charge is 0.0850 e. The zero-order chi connectivity index (χ0) is 13.8. The molecule has 2 N–H and O–H groups in total. The van der Waals surface area contributed by atoms with Crippen LogP contribution < -0.4 is 5.73 Å². The molecule has 0 aliphatic carbocycles. The van der Waals surface area contributed by atoms with Crippen LogP contribution in [-0.2, 0) is 4.74 Å². The molecule has 4 heteroatoms. The Morgan fingerprint density at radius 3 is 2.68 bits per heavy atom. The first kappa shape index (κ1) is 14.8. The molecule has 3 atom stereocenters. The Hall–Kier alpha value is -0.610. The number of nitrogens with two attached hydrogens (primary N) is 1. The number of halogens is 1. The molecule has 0 saturated carbocycles. The third-order valence-electron chi connectivity index (χ3n) is 3.79. The highest BCUT2D eigenvalue weighted by molar-refractivity contribution is 6.30. The summed E-state index contributed by atoms with van der Waals surface area (Å²) in [5, 5.41) is 0.786. The van der Waals surface area contributed by atoms with Crippen molar-refractivity contribution in [3.05, 3.63) is 34.9 Å². The number of rotatable bonds is 4. The Bertz CT molecular complexity index is 394. The number of benzene rings is 1. The zero-order valence-corrected chi connectivity index (χ0v) is 12.4. The molecular formula is C15H23ClN2O. The van der Waals surface area contributed by atoms with Crippen LogP contribution in [0.2, 0.25) is 5.02 Å². The second-order valence-corrected chi connectivity index (χ2v) is 5.68. The van der Waals surface area contributed by atoms with Crippen LogP contribution in [0.3, 0.4) is 0 Å². The van der Waals surface area contributed by atoms with Crippen molar-refractivity contribution in [1.29, 1.82) is 0 Å². The number of morpholine rings is 1. The fourth-order valence-electron chi connectivity index (χ4n) is 2.69. The molecule has 19 heavy (non-hydrogen) atoms. The van der Waals surface area contributed by atoms with Gasteiger partial charge in [-0.3, -0.25) is 4.90 Å². The Morgan fingerprint density at radius 2 is 2.11 bits per heavy atom. The molecule has 0 amide bonds. The number of hydrogen-bond donors (Lipinski definition) is 1. The summed E-state index contributed by atoms with van der Waals surface area (Å²) in [4.78, 5) is 2.47. The highest BCUT2D eigenvalue weighted by Gasteiger charge is 2.28. The van der Waals surface area contributed by atoms with Crippen molar-refractivity contribution in [3.8, 4) is 0 Å². The van der Waals surface area contributed by atoms with E-state index >= 15 is 0 Å². The largest absolute Gasteiger partial charge is 0.374 e. The predicted octanol–water partition coefficient (Wildman–Crippen LogP) is 2.84. The molecule has 1 aliphatic heterocycles. The molecule has 1 aromatic rings. The number of ether oxygens (including phenoxy) is 1. The van der Waals surface area contributed by atoms with E-state index in [0.717, 1.165) is 31.1 Å². The fourth-order valence-corrected chi connectivity index (χ4v) is 2.81. The Morgan fingerprint density at radius 1 is 1.42 bits per heavy atom. The Labute approximate surface area is 120 Å². The van der Waals surface area contributed by atoms with Gasteiger partial charge in [-0.15, -0.1) is 0 Å². The van der Waals surface area contributed by atoms with Gasteiger partial charge in [0.15, 0.2) is 0 Å². The maximum Gasteiger partial charge on any atom is 0.0850 e. The highest BCUT2D eigenvalue weighted by atomic mass is 35.5. The van der Waals surface area contributed by atoms with Crippen LogP contribution in [0.15, 0.2) is 24.3 Å². The average Bonchev–Trinajstić information content (AvgIpc) is 2.42.